The first-order chi connectivity index (χ1) is 9.03. The Balaban J connectivity index is 1.60. The number of alkyl halides is 3. The van der Waals surface area contributed by atoms with Crippen molar-refractivity contribution < 1.29 is 17.9 Å². The van der Waals surface area contributed by atoms with E-state index in [1.54, 1.807) is 0 Å². The van der Waals surface area contributed by atoms with E-state index in [0.717, 1.165) is 45.8 Å². The summed E-state index contributed by atoms with van der Waals surface area (Å²) in [6.45, 7) is 5.12. The largest absolute Gasteiger partial charge is 0.401 e. The van der Waals surface area contributed by atoms with E-state index in [4.69, 9.17) is 4.74 Å². The molecule has 1 N–H and O–H groups in total. The average molecular weight is 281 g/mol. The molecule has 112 valence electrons. The van der Waals surface area contributed by atoms with E-state index in [-0.39, 0.29) is 6.10 Å². The number of nitrogens with one attached hydrogen (secondary N) is 1. The number of morpholine rings is 1. The van der Waals surface area contributed by atoms with Crippen molar-refractivity contribution in [3.8, 4) is 0 Å². The molecule has 0 radical (unpaired) electrons. The molecule has 0 aliphatic carbocycles. The van der Waals surface area contributed by atoms with Crippen LogP contribution in [0.25, 0.3) is 0 Å². The summed E-state index contributed by atoms with van der Waals surface area (Å²) in [5.74, 6) is 0. The summed E-state index contributed by atoms with van der Waals surface area (Å²) in [5.41, 5.74) is 0. The molecule has 0 bridgehead atoms. The Bertz CT molecular complexity index is 261. The molecule has 19 heavy (non-hydrogen) atoms. The van der Waals surface area contributed by atoms with E-state index in [2.05, 4.69) is 10.2 Å². The van der Waals surface area contributed by atoms with Crippen molar-refractivity contribution in [2.24, 2.45) is 0 Å². The van der Waals surface area contributed by atoms with Crippen LogP contribution in [-0.2, 0) is 4.74 Å². The van der Waals surface area contributed by atoms with Gasteiger partial charge in [-0.1, -0.05) is 0 Å². The van der Waals surface area contributed by atoms with Gasteiger partial charge in [0.05, 0.1) is 19.3 Å². The molecule has 2 rings (SSSR count). The molecular formula is C12H22F3N3O. The van der Waals surface area contributed by atoms with Gasteiger partial charge in [-0.15, -0.1) is 0 Å². The van der Waals surface area contributed by atoms with Crippen LogP contribution in [0.15, 0.2) is 0 Å². The monoisotopic (exact) mass is 281 g/mol. The Morgan fingerprint density at radius 2 is 1.79 bits per heavy atom. The number of nitrogens with zero attached hydrogens (tertiary/aromatic N) is 2. The summed E-state index contributed by atoms with van der Waals surface area (Å²) in [6.07, 6.45) is -2.88. The molecule has 7 heteroatoms. The first-order valence-electron chi connectivity index (χ1n) is 6.87. The van der Waals surface area contributed by atoms with Crippen LogP contribution in [0.4, 0.5) is 13.2 Å². The van der Waals surface area contributed by atoms with Crippen molar-refractivity contribution in [1.82, 2.24) is 15.1 Å². The molecule has 0 aromatic carbocycles. The van der Waals surface area contributed by atoms with Crippen molar-refractivity contribution in [2.45, 2.75) is 18.7 Å². The second-order valence-corrected chi connectivity index (χ2v) is 5.22. The molecule has 0 spiro atoms. The molecule has 2 saturated heterocycles. The Morgan fingerprint density at radius 1 is 1.11 bits per heavy atom. The number of halogens is 3. The van der Waals surface area contributed by atoms with Gasteiger partial charge in [-0.3, -0.25) is 4.90 Å². The number of rotatable bonds is 4. The molecule has 1 atom stereocenters. The van der Waals surface area contributed by atoms with Crippen molar-refractivity contribution >= 4 is 0 Å². The van der Waals surface area contributed by atoms with E-state index in [9.17, 15) is 13.2 Å². The van der Waals surface area contributed by atoms with Gasteiger partial charge in [-0.2, -0.15) is 13.2 Å². The van der Waals surface area contributed by atoms with Gasteiger partial charge in [0.1, 0.15) is 0 Å². The van der Waals surface area contributed by atoms with Gasteiger partial charge in [0.15, 0.2) is 0 Å². The van der Waals surface area contributed by atoms with Crippen LogP contribution in [0.2, 0.25) is 0 Å². The zero-order chi connectivity index (χ0) is 13.7. The quantitative estimate of drug-likeness (QED) is 0.814. The minimum atomic E-state index is -4.08. The highest BCUT2D eigenvalue weighted by Gasteiger charge is 2.32. The lowest BCUT2D eigenvalue weighted by atomic mass is 10.2. The summed E-state index contributed by atoms with van der Waals surface area (Å²) in [5, 5.41) is 3.28. The maximum atomic E-state index is 12.2. The Kier molecular flexibility index (Phi) is 5.44. The minimum absolute atomic E-state index is 0.252. The van der Waals surface area contributed by atoms with Crippen molar-refractivity contribution in [2.75, 3.05) is 59.0 Å². The molecular weight excluding hydrogens is 259 g/mol. The fourth-order valence-electron chi connectivity index (χ4n) is 2.56. The van der Waals surface area contributed by atoms with Crippen molar-refractivity contribution in [3.05, 3.63) is 0 Å². The van der Waals surface area contributed by atoms with Crippen LogP contribution in [0.3, 0.4) is 0 Å². The van der Waals surface area contributed by atoms with Crippen LogP contribution in [-0.4, -0.2) is 81.0 Å². The van der Waals surface area contributed by atoms with E-state index in [1.807, 2.05) is 0 Å². The molecule has 0 aromatic rings. The van der Waals surface area contributed by atoms with Crippen molar-refractivity contribution in [1.29, 1.82) is 0 Å². The van der Waals surface area contributed by atoms with E-state index >= 15 is 0 Å². The third-order valence-corrected chi connectivity index (χ3v) is 3.64. The van der Waals surface area contributed by atoms with Crippen LogP contribution in [0, 0.1) is 0 Å². The fraction of sp³-hybridized carbons (Fsp3) is 1.00. The summed E-state index contributed by atoms with van der Waals surface area (Å²) >= 11 is 0. The fourth-order valence-corrected chi connectivity index (χ4v) is 2.56. The lowest BCUT2D eigenvalue weighted by Gasteiger charge is -2.35. The van der Waals surface area contributed by atoms with Gasteiger partial charge < -0.3 is 15.0 Å². The summed E-state index contributed by atoms with van der Waals surface area (Å²) in [7, 11) is 0. The Hall–Kier alpha value is -0.370. The number of piperazine rings is 1. The molecule has 2 heterocycles. The third kappa shape index (κ3) is 5.64. The van der Waals surface area contributed by atoms with Crippen LogP contribution in [0.5, 0.6) is 0 Å². The lowest BCUT2D eigenvalue weighted by Crippen LogP contribution is -2.50. The van der Waals surface area contributed by atoms with Gasteiger partial charge in [0.2, 0.25) is 0 Å². The maximum Gasteiger partial charge on any atom is 0.401 e. The second-order valence-electron chi connectivity index (χ2n) is 5.22. The van der Waals surface area contributed by atoms with Gasteiger partial charge in [-0.25, -0.2) is 0 Å². The molecule has 4 nitrogen and oxygen atoms in total. The highest BCUT2D eigenvalue weighted by molar-refractivity contribution is 4.76. The zero-order valence-electron chi connectivity index (χ0n) is 11.1. The van der Waals surface area contributed by atoms with Crippen LogP contribution in [0.1, 0.15) is 6.42 Å². The maximum absolute atomic E-state index is 12.2. The second kappa shape index (κ2) is 6.88. The molecule has 2 fully saturated rings. The van der Waals surface area contributed by atoms with Gasteiger partial charge in [-0.05, 0) is 6.42 Å². The van der Waals surface area contributed by atoms with Gasteiger partial charge >= 0.3 is 6.18 Å². The SMILES string of the molecule is FC(F)(F)CN1CCN(CCC2CNCCO2)CC1. The third-order valence-electron chi connectivity index (χ3n) is 3.64. The van der Waals surface area contributed by atoms with E-state index in [1.165, 1.54) is 4.90 Å². The van der Waals surface area contributed by atoms with Crippen molar-refractivity contribution in [3.63, 3.8) is 0 Å². The molecule has 0 aromatic heterocycles. The average Bonchev–Trinajstić information content (AvgIpc) is 2.37. The number of ether oxygens (including phenoxy) is 1. The first kappa shape index (κ1) is 15.0. The molecule has 0 amide bonds. The van der Waals surface area contributed by atoms with E-state index in [0.29, 0.717) is 13.1 Å². The number of hydrogen-bond acceptors (Lipinski definition) is 4. The number of hydrogen-bond donors (Lipinski definition) is 1. The first-order valence-corrected chi connectivity index (χ1v) is 6.87. The Labute approximate surface area is 111 Å². The molecule has 2 aliphatic rings. The molecule has 2 aliphatic heterocycles. The predicted molar refractivity (Wildman–Crippen MR) is 66.2 cm³/mol. The zero-order valence-corrected chi connectivity index (χ0v) is 11.1. The standard InChI is InChI=1S/C12H22F3N3O/c13-12(14,15)10-18-6-4-17(5-7-18)3-1-11-9-16-2-8-19-11/h11,16H,1-10H2. The summed E-state index contributed by atoms with van der Waals surface area (Å²) in [4.78, 5) is 3.71. The van der Waals surface area contributed by atoms with Gasteiger partial charge in [0.25, 0.3) is 0 Å². The van der Waals surface area contributed by atoms with Gasteiger partial charge in [0, 0.05) is 45.8 Å². The summed E-state index contributed by atoms with van der Waals surface area (Å²) < 4.78 is 42.4. The highest BCUT2D eigenvalue weighted by Crippen LogP contribution is 2.17. The van der Waals surface area contributed by atoms with Crippen LogP contribution < -0.4 is 5.32 Å². The molecule has 0 saturated carbocycles. The predicted octanol–water partition coefficient (Wildman–Crippen LogP) is 0.545. The smallest absolute Gasteiger partial charge is 0.376 e. The topological polar surface area (TPSA) is 27.7 Å². The molecule has 1 unspecified atom stereocenters. The lowest BCUT2D eigenvalue weighted by molar-refractivity contribution is -0.149. The van der Waals surface area contributed by atoms with Crippen LogP contribution >= 0.6 is 0 Å². The minimum Gasteiger partial charge on any atom is -0.376 e. The van der Waals surface area contributed by atoms with E-state index < -0.39 is 12.7 Å². The normalized spacial score (nSPS) is 27.6. The highest BCUT2D eigenvalue weighted by atomic mass is 19.4. The summed E-state index contributed by atoms with van der Waals surface area (Å²) in [6, 6.07) is 0. The Morgan fingerprint density at radius 3 is 2.37 bits per heavy atom.